The number of amides is 1. The minimum Gasteiger partial charge on any atom is -0.497 e. The summed E-state index contributed by atoms with van der Waals surface area (Å²) in [6.45, 7) is 10.0. The number of hydrogen-bond acceptors (Lipinski definition) is 3. The predicted octanol–water partition coefficient (Wildman–Crippen LogP) is 4.00. The summed E-state index contributed by atoms with van der Waals surface area (Å²) >= 11 is 0. The number of hydrogen-bond donors (Lipinski definition) is 0. The Balaban J connectivity index is 2.30. The fourth-order valence-corrected chi connectivity index (χ4v) is 2.63. The van der Waals surface area contributed by atoms with Crippen LogP contribution in [0.2, 0.25) is 0 Å². The highest BCUT2D eigenvalue weighted by atomic mass is 16.5. The Kier molecular flexibility index (Phi) is 5.59. The number of carbonyl (C=O) groups excluding carboxylic acids is 1. The lowest BCUT2D eigenvalue weighted by Gasteiger charge is -2.26. The van der Waals surface area contributed by atoms with Crippen molar-refractivity contribution < 1.29 is 9.53 Å². The molecule has 0 saturated carbocycles. The third kappa shape index (κ3) is 4.44. The van der Waals surface area contributed by atoms with Crippen molar-refractivity contribution in [3.63, 3.8) is 0 Å². The molecule has 1 amide bonds. The topological polar surface area (TPSA) is 42.4 Å². The van der Waals surface area contributed by atoms with Crippen LogP contribution < -0.4 is 4.74 Å². The van der Waals surface area contributed by atoms with Gasteiger partial charge in [0.2, 0.25) is 0 Å². The van der Waals surface area contributed by atoms with Gasteiger partial charge in [-0.3, -0.25) is 4.79 Å². The van der Waals surface area contributed by atoms with Crippen molar-refractivity contribution in [3.8, 4) is 5.75 Å². The largest absolute Gasteiger partial charge is 0.497 e. The molecule has 0 aliphatic heterocycles. The zero-order chi connectivity index (χ0) is 17.0. The quantitative estimate of drug-likeness (QED) is 0.809. The van der Waals surface area contributed by atoms with Crippen LogP contribution in [0.3, 0.4) is 0 Å². The SMILES string of the molecule is COc1ccc2nc(C(=O)N(CC(C)C)CC(C)C)ccc2c1. The van der Waals surface area contributed by atoms with Gasteiger partial charge in [0.25, 0.3) is 5.91 Å². The van der Waals surface area contributed by atoms with Crippen LogP contribution in [0.25, 0.3) is 10.9 Å². The second-order valence-corrected chi connectivity index (χ2v) is 6.75. The summed E-state index contributed by atoms with van der Waals surface area (Å²) in [5, 5.41) is 0.972. The van der Waals surface area contributed by atoms with Crippen molar-refractivity contribution >= 4 is 16.8 Å². The van der Waals surface area contributed by atoms with Gasteiger partial charge in [-0.1, -0.05) is 33.8 Å². The molecule has 0 atom stereocenters. The molecule has 4 heteroatoms. The Labute approximate surface area is 138 Å². The normalized spacial score (nSPS) is 11.3. The summed E-state index contributed by atoms with van der Waals surface area (Å²) in [6.07, 6.45) is 0. The Bertz CT molecular complexity index is 670. The van der Waals surface area contributed by atoms with E-state index in [-0.39, 0.29) is 5.91 Å². The van der Waals surface area contributed by atoms with Crippen LogP contribution in [0.4, 0.5) is 0 Å². The van der Waals surface area contributed by atoms with E-state index < -0.39 is 0 Å². The van der Waals surface area contributed by atoms with Crippen LogP contribution >= 0.6 is 0 Å². The fraction of sp³-hybridized carbons (Fsp3) is 0.474. The molecule has 0 N–H and O–H groups in total. The first-order chi connectivity index (χ1) is 10.9. The molecule has 0 saturated heterocycles. The fourth-order valence-electron chi connectivity index (χ4n) is 2.63. The minimum atomic E-state index is 0.00474. The molecule has 0 fully saturated rings. The van der Waals surface area contributed by atoms with Gasteiger partial charge in [-0.25, -0.2) is 4.98 Å². The van der Waals surface area contributed by atoms with Gasteiger partial charge in [-0.15, -0.1) is 0 Å². The zero-order valence-corrected chi connectivity index (χ0v) is 14.7. The van der Waals surface area contributed by atoms with E-state index in [1.807, 2.05) is 29.2 Å². The smallest absolute Gasteiger partial charge is 0.272 e. The third-order valence-corrected chi connectivity index (χ3v) is 3.57. The summed E-state index contributed by atoms with van der Waals surface area (Å²) in [4.78, 5) is 19.3. The van der Waals surface area contributed by atoms with Crippen LogP contribution in [0.1, 0.15) is 38.2 Å². The number of fused-ring (bicyclic) bond motifs is 1. The van der Waals surface area contributed by atoms with Crippen LogP contribution in [-0.2, 0) is 0 Å². The van der Waals surface area contributed by atoms with Crippen molar-refractivity contribution in [3.05, 3.63) is 36.0 Å². The highest BCUT2D eigenvalue weighted by molar-refractivity contribution is 5.95. The lowest BCUT2D eigenvalue weighted by molar-refractivity contribution is 0.0709. The van der Waals surface area contributed by atoms with E-state index >= 15 is 0 Å². The molecule has 0 aliphatic rings. The van der Waals surface area contributed by atoms with E-state index in [1.165, 1.54) is 0 Å². The second kappa shape index (κ2) is 7.44. The van der Waals surface area contributed by atoms with E-state index in [1.54, 1.807) is 13.2 Å². The molecular weight excluding hydrogens is 288 g/mol. The van der Waals surface area contributed by atoms with Crippen molar-refractivity contribution in [2.45, 2.75) is 27.7 Å². The Morgan fingerprint density at radius 1 is 1.09 bits per heavy atom. The summed E-state index contributed by atoms with van der Waals surface area (Å²) < 4.78 is 5.22. The van der Waals surface area contributed by atoms with Crippen molar-refractivity contribution in [2.24, 2.45) is 11.8 Å². The maximum absolute atomic E-state index is 12.8. The number of carbonyl (C=O) groups is 1. The molecule has 23 heavy (non-hydrogen) atoms. The number of benzene rings is 1. The summed E-state index contributed by atoms with van der Waals surface area (Å²) in [7, 11) is 1.64. The van der Waals surface area contributed by atoms with E-state index in [2.05, 4.69) is 32.7 Å². The third-order valence-electron chi connectivity index (χ3n) is 3.57. The molecule has 0 spiro atoms. The number of ether oxygens (including phenoxy) is 1. The highest BCUT2D eigenvalue weighted by Gasteiger charge is 2.19. The number of methoxy groups -OCH3 is 1. The lowest BCUT2D eigenvalue weighted by Crippen LogP contribution is -2.37. The zero-order valence-electron chi connectivity index (χ0n) is 14.7. The molecule has 2 aromatic rings. The van der Waals surface area contributed by atoms with Gasteiger partial charge in [-0.05, 0) is 36.1 Å². The highest BCUT2D eigenvalue weighted by Crippen LogP contribution is 2.20. The Hall–Kier alpha value is -2.10. The van der Waals surface area contributed by atoms with E-state index in [4.69, 9.17) is 4.74 Å². The molecule has 0 bridgehead atoms. The first-order valence-electron chi connectivity index (χ1n) is 8.14. The molecule has 1 aromatic carbocycles. The molecule has 0 unspecified atom stereocenters. The summed E-state index contributed by atoms with van der Waals surface area (Å²) in [6, 6.07) is 9.42. The predicted molar refractivity (Wildman–Crippen MR) is 93.9 cm³/mol. The minimum absolute atomic E-state index is 0.00474. The summed E-state index contributed by atoms with van der Waals surface area (Å²) in [5.74, 6) is 1.66. The number of rotatable bonds is 6. The Morgan fingerprint density at radius 3 is 2.30 bits per heavy atom. The standard InChI is InChI=1S/C19H26N2O2/c1-13(2)11-21(12-14(3)4)19(22)18-8-6-15-10-16(23-5)7-9-17(15)20-18/h6-10,13-14H,11-12H2,1-5H3. The molecule has 1 heterocycles. The van der Waals surface area contributed by atoms with Crippen LogP contribution in [-0.4, -0.2) is 36.0 Å². The number of nitrogens with zero attached hydrogens (tertiary/aromatic N) is 2. The molecule has 2 rings (SSSR count). The maximum Gasteiger partial charge on any atom is 0.272 e. The van der Waals surface area contributed by atoms with Gasteiger partial charge in [-0.2, -0.15) is 0 Å². The molecular formula is C19H26N2O2. The van der Waals surface area contributed by atoms with Crippen molar-refractivity contribution in [2.75, 3.05) is 20.2 Å². The Morgan fingerprint density at radius 2 is 1.74 bits per heavy atom. The van der Waals surface area contributed by atoms with Crippen LogP contribution in [0, 0.1) is 11.8 Å². The molecule has 1 aromatic heterocycles. The van der Waals surface area contributed by atoms with E-state index in [0.29, 0.717) is 17.5 Å². The van der Waals surface area contributed by atoms with Gasteiger partial charge in [0, 0.05) is 18.5 Å². The number of pyridine rings is 1. The maximum atomic E-state index is 12.8. The lowest BCUT2D eigenvalue weighted by atomic mass is 10.1. The average Bonchev–Trinajstić information content (AvgIpc) is 2.51. The van der Waals surface area contributed by atoms with Gasteiger partial charge in [0.1, 0.15) is 11.4 Å². The van der Waals surface area contributed by atoms with Crippen LogP contribution in [0.5, 0.6) is 5.75 Å². The monoisotopic (exact) mass is 314 g/mol. The van der Waals surface area contributed by atoms with E-state index in [9.17, 15) is 4.79 Å². The van der Waals surface area contributed by atoms with Crippen molar-refractivity contribution in [1.29, 1.82) is 0 Å². The van der Waals surface area contributed by atoms with Crippen LogP contribution in [0.15, 0.2) is 30.3 Å². The second-order valence-electron chi connectivity index (χ2n) is 6.75. The van der Waals surface area contributed by atoms with Gasteiger partial charge in [0.05, 0.1) is 12.6 Å². The molecule has 0 aliphatic carbocycles. The summed E-state index contributed by atoms with van der Waals surface area (Å²) in [5.41, 5.74) is 1.31. The van der Waals surface area contributed by atoms with Gasteiger partial charge < -0.3 is 9.64 Å². The number of aromatic nitrogens is 1. The molecule has 4 nitrogen and oxygen atoms in total. The van der Waals surface area contributed by atoms with E-state index in [0.717, 1.165) is 29.7 Å². The first-order valence-corrected chi connectivity index (χ1v) is 8.14. The van der Waals surface area contributed by atoms with Gasteiger partial charge >= 0.3 is 0 Å². The average molecular weight is 314 g/mol. The first kappa shape index (κ1) is 17.3. The molecule has 124 valence electrons. The van der Waals surface area contributed by atoms with Gasteiger partial charge in [0.15, 0.2) is 0 Å². The van der Waals surface area contributed by atoms with Crippen molar-refractivity contribution in [1.82, 2.24) is 9.88 Å². The molecule has 0 radical (unpaired) electrons.